The van der Waals surface area contributed by atoms with Gasteiger partial charge in [0.25, 0.3) is 5.91 Å². The number of ether oxygens (including phenoxy) is 1. The van der Waals surface area contributed by atoms with E-state index in [1.165, 1.54) is 4.90 Å². The Morgan fingerprint density at radius 1 is 0.939 bits per heavy atom. The number of fused-ring (bicyclic) bond motifs is 1. The van der Waals surface area contributed by atoms with Crippen LogP contribution < -0.4 is 14.7 Å². The summed E-state index contributed by atoms with van der Waals surface area (Å²) < 4.78 is 5.67. The Balaban J connectivity index is 1.61. The number of hydrogen-bond donors (Lipinski definition) is 0. The van der Waals surface area contributed by atoms with E-state index in [9.17, 15) is 9.59 Å². The van der Waals surface area contributed by atoms with Gasteiger partial charge in [0.2, 0.25) is 5.91 Å². The molecule has 2 saturated heterocycles. The third-order valence-electron chi connectivity index (χ3n) is 5.81. The molecule has 168 valence electrons. The molecule has 0 aliphatic carbocycles. The lowest BCUT2D eigenvalue weighted by atomic mass is 9.90. The van der Waals surface area contributed by atoms with Gasteiger partial charge in [-0.05, 0) is 48.9 Å². The van der Waals surface area contributed by atoms with Crippen LogP contribution in [0.25, 0.3) is 0 Å². The summed E-state index contributed by atoms with van der Waals surface area (Å²) in [6.07, 6.45) is -0.996. The monoisotopic (exact) mass is 482 g/mol. The van der Waals surface area contributed by atoms with Gasteiger partial charge in [0.05, 0.1) is 24.0 Å². The number of para-hydroxylation sites is 3. The summed E-state index contributed by atoms with van der Waals surface area (Å²) in [4.78, 5) is 34.6. The van der Waals surface area contributed by atoms with Gasteiger partial charge in [-0.3, -0.25) is 14.4 Å². The highest BCUT2D eigenvalue weighted by molar-refractivity contribution is 6.35. The Kier molecular flexibility index (Phi) is 5.74. The molecule has 2 fully saturated rings. The molecule has 5 rings (SSSR count). The van der Waals surface area contributed by atoms with Crippen LogP contribution in [0, 0.1) is 5.92 Å². The molecule has 0 aromatic heterocycles. The van der Waals surface area contributed by atoms with Crippen molar-refractivity contribution in [3.8, 4) is 5.75 Å². The second-order valence-corrected chi connectivity index (χ2v) is 8.58. The summed E-state index contributed by atoms with van der Waals surface area (Å²) in [5.74, 6) is -1.15. The van der Waals surface area contributed by atoms with Gasteiger partial charge in [0.15, 0.2) is 6.10 Å². The topological polar surface area (TPSA) is 59.1 Å². The minimum atomic E-state index is -0.996. The van der Waals surface area contributed by atoms with E-state index in [4.69, 9.17) is 32.8 Å². The van der Waals surface area contributed by atoms with E-state index in [0.717, 1.165) is 0 Å². The Morgan fingerprint density at radius 3 is 2.39 bits per heavy atom. The van der Waals surface area contributed by atoms with Crippen LogP contribution in [0.1, 0.15) is 18.5 Å². The van der Waals surface area contributed by atoms with Crippen molar-refractivity contribution in [3.63, 3.8) is 0 Å². The van der Waals surface area contributed by atoms with E-state index in [1.807, 2.05) is 37.3 Å². The summed E-state index contributed by atoms with van der Waals surface area (Å²) in [5, 5.41) is 2.48. The fourth-order valence-corrected chi connectivity index (χ4v) is 4.95. The van der Waals surface area contributed by atoms with Crippen LogP contribution in [-0.2, 0) is 14.4 Å². The predicted octanol–water partition coefficient (Wildman–Crippen LogP) is 5.44. The van der Waals surface area contributed by atoms with Gasteiger partial charge in [0, 0.05) is 10.0 Å². The zero-order valence-electron chi connectivity index (χ0n) is 17.7. The van der Waals surface area contributed by atoms with E-state index >= 15 is 0 Å². The fraction of sp³-hybridized carbons (Fsp3) is 0.200. The lowest BCUT2D eigenvalue weighted by Crippen LogP contribution is -2.37. The molecule has 2 aliphatic rings. The average molecular weight is 483 g/mol. The first kappa shape index (κ1) is 21.8. The molecule has 0 radical (unpaired) electrons. The van der Waals surface area contributed by atoms with Crippen molar-refractivity contribution >= 4 is 46.4 Å². The van der Waals surface area contributed by atoms with Crippen LogP contribution in [0.3, 0.4) is 0 Å². The lowest BCUT2D eigenvalue weighted by Gasteiger charge is -2.29. The van der Waals surface area contributed by atoms with Crippen molar-refractivity contribution in [1.29, 1.82) is 0 Å². The standard InChI is InChI=1S/C25H20Cl2N2O4/c1-2-32-20-11-7-6-10-19(20)28-24(30)21-22(17-13-12-15(26)14-18(17)27)29(33-23(21)25(28)31)16-8-4-3-5-9-16/h3-14,21-23H,2H2,1H3/t21-,22-,23-/m0/s1. The van der Waals surface area contributed by atoms with E-state index < -0.39 is 24.0 Å². The number of anilines is 2. The van der Waals surface area contributed by atoms with Gasteiger partial charge in [-0.15, -0.1) is 0 Å². The van der Waals surface area contributed by atoms with Crippen LogP contribution in [0.15, 0.2) is 72.8 Å². The second-order valence-electron chi connectivity index (χ2n) is 7.74. The second kappa shape index (κ2) is 8.71. The van der Waals surface area contributed by atoms with Crippen molar-refractivity contribution in [2.45, 2.75) is 19.1 Å². The third kappa shape index (κ3) is 3.64. The number of carbonyl (C=O) groups is 2. The van der Waals surface area contributed by atoms with Crippen LogP contribution in [-0.4, -0.2) is 24.5 Å². The SMILES string of the molecule is CCOc1ccccc1N1C(=O)[C@@H]2[C@H](ON(c3ccccc3)[C@H]2c2ccc(Cl)cc2Cl)C1=O. The molecule has 0 unspecified atom stereocenters. The lowest BCUT2D eigenvalue weighted by molar-refractivity contribution is -0.126. The van der Waals surface area contributed by atoms with Gasteiger partial charge in [-0.2, -0.15) is 0 Å². The number of benzene rings is 3. The van der Waals surface area contributed by atoms with Crippen molar-refractivity contribution in [3.05, 3.63) is 88.4 Å². The maximum absolute atomic E-state index is 13.8. The minimum Gasteiger partial charge on any atom is -0.492 e. The highest BCUT2D eigenvalue weighted by atomic mass is 35.5. The molecule has 3 aromatic carbocycles. The number of imide groups is 1. The number of hydrogen-bond acceptors (Lipinski definition) is 5. The number of carbonyl (C=O) groups excluding carboxylic acids is 2. The van der Waals surface area contributed by atoms with E-state index in [2.05, 4.69) is 0 Å². The maximum atomic E-state index is 13.8. The highest BCUT2D eigenvalue weighted by Crippen LogP contribution is 2.50. The zero-order valence-corrected chi connectivity index (χ0v) is 19.2. The number of amides is 2. The molecular formula is C25H20Cl2N2O4. The van der Waals surface area contributed by atoms with Crippen LogP contribution in [0.2, 0.25) is 10.0 Å². The molecule has 2 amide bonds. The molecule has 6 nitrogen and oxygen atoms in total. The van der Waals surface area contributed by atoms with Gasteiger partial charge in [-0.25, -0.2) is 9.96 Å². The number of rotatable bonds is 5. The van der Waals surface area contributed by atoms with Gasteiger partial charge in [-0.1, -0.05) is 59.6 Å². The Morgan fingerprint density at radius 2 is 1.67 bits per heavy atom. The van der Waals surface area contributed by atoms with E-state index in [0.29, 0.717) is 39.3 Å². The molecule has 0 saturated carbocycles. The molecule has 2 heterocycles. The summed E-state index contributed by atoms with van der Waals surface area (Å²) >= 11 is 12.7. The first-order valence-electron chi connectivity index (χ1n) is 10.6. The molecule has 3 aromatic rings. The van der Waals surface area contributed by atoms with Crippen molar-refractivity contribution in [2.24, 2.45) is 5.92 Å². The Bertz CT molecular complexity index is 1220. The number of nitrogens with zero attached hydrogens (tertiary/aromatic N) is 2. The third-order valence-corrected chi connectivity index (χ3v) is 6.38. The minimum absolute atomic E-state index is 0.369. The van der Waals surface area contributed by atoms with Gasteiger partial charge in [0.1, 0.15) is 11.7 Å². The van der Waals surface area contributed by atoms with E-state index in [-0.39, 0.29) is 5.91 Å². The van der Waals surface area contributed by atoms with Crippen molar-refractivity contribution in [2.75, 3.05) is 16.6 Å². The summed E-state index contributed by atoms with van der Waals surface area (Å²) in [5.41, 5.74) is 1.77. The molecule has 33 heavy (non-hydrogen) atoms. The fourth-order valence-electron chi connectivity index (χ4n) is 4.43. The molecule has 8 heteroatoms. The van der Waals surface area contributed by atoms with E-state index in [1.54, 1.807) is 47.5 Å². The summed E-state index contributed by atoms with van der Waals surface area (Å²) in [6, 6.07) is 20.8. The Labute approximate surface area is 201 Å². The molecule has 2 aliphatic heterocycles. The summed E-state index contributed by atoms with van der Waals surface area (Å²) in [7, 11) is 0. The largest absolute Gasteiger partial charge is 0.492 e. The Hall–Kier alpha value is -3.06. The average Bonchev–Trinajstić information content (AvgIpc) is 3.31. The molecule has 3 atom stereocenters. The predicted molar refractivity (Wildman–Crippen MR) is 127 cm³/mol. The number of hydroxylamine groups is 1. The normalized spacial score (nSPS) is 22.1. The quantitative estimate of drug-likeness (QED) is 0.453. The first-order valence-corrected chi connectivity index (χ1v) is 11.3. The zero-order chi connectivity index (χ0) is 23.1. The first-order chi connectivity index (χ1) is 16.0. The molecule has 0 bridgehead atoms. The molecule has 0 spiro atoms. The van der Waals surface area contributed by atoms with Crippen LogP contribution in [0.4, 0.5) is 11.4 Å². The molecule has 0 N–H and O–H groups in total. The maximum Gasteiger partial charge on any atom is 0.266 e. The smallest absolute Gasteiger partial charge is 0.266 e. The number of halogens is 2. The van der Waals surface area contributed by atoms with Crippen molar-refractivity contribution in [1.82, 2.24) is 0 Å². The van der Waals surface area contributed by atoms with Gasteiger partial charge < -0.3 is 4.74 Å². The molecular weight excluding hydrogens is 463 g/mol. The van der Waals surface area contributed by atoms with Gasteiger partial charge >= 0.3 is 0 Å². The van der Waals surface area contributed by atoms with Crippen LogP contribution in [0.5, 0.6) is 5.75 Å². The van der Waals surface area contributed by atoms with Crippen molar-refractivity contribution < 1.29 is 19.2 Å². The highest BCUT2D eigenvalue weighted by Gasteiger charge is 2.61. The summed E-state index contributed by atoms with van der Waals surface area (Å²) in [6.45, 7) is 2.25. The van der Waals surface area contributed by atoms with Crippen LogP contribution >= 0.6 is 23.2 Å².